The molecule has 9 bridgehead atoms. The molecule has 6 heterocycles. The molecule has 40 heavy (non-hydrogen) atoms. The van der Waals surface area contributed by atoms with E-state index in [1.807, 2.05) is 34.7 Å². The Morgan fingerprint density at radius 1 is 0.950 bits per heavy atom. The van der Waals surface area contributed by atoms with Gasteiger partial charge in [0.05, 0.1) is 10.9 Å². The van der Waals surface area contributed by atoms with Crippen LogP contribution in [0.1, 0.15) is 82.8 Å². The third kappa shape index (κ3) is 4.57. The summed E-state index contributed by atoms with van der Waals surface area (Å²) in [4.78, 5) is 28.0. The highest BCUT2D eigenvalue weighted by molar-refractivity contribution is 5.94. The van der Waals surface area contributed by atoms with E-state index in [1.165, 1.54) is 11.1 Å². The molecular formula is C33H36N4O3. The van der Waals surface area contributed by atoms with Crippen LogP contribution in [0.4, 0.5) is 0 Å². The zero-order valence-electron chi connectivity index (χ0n) is 23.5. The minimum Gasteiger partial charge on any atom is -0.481 e. The summed E-state index contributed by atoms with van der Waals surface area (Å²) in [6.45, 7) is 7.58. The first kappa shape index (κ1) is 26.2. The highest BCUT2D eigenvalue weighted by Crippen LogP contribution is 2.44. The van der Waals surface area contributed by atoms with Crippen LogP contribution < -0.4 is 0 Å². The first-order valence-electron chi connectivity index (χ1n) is 14.3. The van der Waals surface area contributed by atoms with Crippen molar-refractivity contribution in [1.82, 2.24) is 19.9 Å². The number of nitrogens with zero attached hydrogens (tertiary/aromatic N) is 4. The van der Waals surface area contributed by atoms with E-state index in [9.17, 15) is 14.7 Å². The molecule has 9 rings (SSSR count). The number of aryl methyl sites for hydroxylation is 3. The molecule has 1 unspecified atom stereocenters. The second-order valence-electron chi connectivity index (χ2n) is 11.9. The average molecular weight is 537 g/mol. The van der Waals surface area contributed by atoms with Crippen molar-refractivity contribution in [1.29, 1.82) is 0 Å². The Labute approximate surface area is 234 Å². The van der Waals surface area contributed by atoms with Gasteiger partial charge in [-0.3, -0.25) is 9.59 Å². The summed E-state index contributed by atoms with van der Waals surface area (Å²) in [6, 6.07) is 18.5. The number of amides is 1. The predicted octanol–water partition coefficient (Wildman–Crippen LogP) is 5.91. The fraction of sp³-hybridized carbons (Fsp3) is 0.394. The molecule has 0 saturated heterocycles. The van der Waals surface area contributed by atoms with Crippen LogP contribution in [0, 0.1) is 12.3 Å². The minimum absolute atomic E-state index is 0.0413. The van der Waals surface area contributed by atoms with Crippen LogP contribution in [0.2, 0.25) is 0 Å². The first-order chi connectivity index (χ1) is 19.2. The quantitative estimate of drug-likeness (QED) is 0.344. The molecule has 5 aliphatic rings. The Hall–Kier alpha value is -4.00. The molecule has 206 valence electrons. The summed E-state index contributed by atoms with van der Waals surface area (Å²) in [7, 11) is 0. The molecule has 1 amide bonds. The molecule has 4 aromatic rings. The van der Waals surface area contributed by atoms with Crippen molar-refractivity contribution in [2.45, 2.75) is 71.9 Å². The van der Waals surface area contributed by atoms with E-state index in [-0.39, 0.29) is 5.91 Å². The molecular weight excluding hydrogens is 500 g/mol. The van der Waals surface area contributed by atoms with E-state index in [0.717, 1.165) is 71.9 Å². The van der Waals surface area contributed by atoms with E-state index >= 15 is 0 Å². The molecule has 1 N–H and O–H groups in total. The third-order valence-electron chi connectivity index (χ3n) is 8.97. The Bertz CT molecular complexity index is 1600. The van der Waals surface area contributed by atoms with Crippen LogP contribution in [0.5, 0.6) is 0 Å². The van der Waals surface area contributed by atoms with Crippen LogP contribution in [0.15, 0.2) is 54.6 Å². The first-order valence-corrected chi connectivity index (χ1v) is 14.3. The number of benzene rings is 3. The van der Waals surface area contributed by atoms with Gasteiger partial charge >= 0.3 is 5.97 Å². The minimum atomic E-state index is -1.08. The van der Waals surface area contributed by atoms with Crippen LogP contribution in [0.3, 0.4) is 0 Å². The average Bonchev–Trinajstić information content (AvgIpc) is 3.37. The maximum Gasteiger partial charge on any atom is 0.310 e. The topological polar surface area (TPSA) is 88.3 Å². The number of carboxylic acids is 1. The summed E-state index contributed by atoms with van der Waals surface area (Å²) in [5.41, 5.74) is 7.82. The van der Waals surface area contributed by atoms with Gasteiger partial charge in [0, 0.05) is 31.1 Å². The lowest BCUT2D eigenvalue weighted by Crippen LogP contribution is -2.36. The van der Waals surface area contributed by atoms with E-state index in [2.05, 4.69) is 46.7 Å². The zero-order chi connectivity index (χ0) is 28.0. The van der Waals surface area contributed by atoms with Gasteiger partial charge in [-0.05, 0) is 98.0 Å². The van der Waals surface area contributed by atoms with Crippen molar-refractivity contribution in [3.8, 4) is 0 Å². The number of carboxylic acid groups (broad SMARTS) is 1. The van der Waals surface area contributed by atoms with Gasteiger partial charge in [0.1, 0.15) is 5.52 Å². The lowest BCUT2D eigenvalue weighted by atomic mass is 9.69. The van der Waals surface area contributed by atoms with Gasteiger partial charge in [0.15, 0.2) is 0 Å². The monoisotopic (exact) mass is 536 g/mol. The molecule has 0 saturated carbocycles. The van der Waals surface area contributed by atoms with Gasteiger partial charge in [-0.15, -0.1) is 5.10 Å². The van der Waals surface area contributed by atoms with E-state index in [4.69, 9.17) is 0 Å². The number of carbonyl (C=O) groups excluding carboxylic acids is 1. The highest BCUT2D eigenvalue weighted by atomic mass is 16.4. The van der Waals surface area contributed by atoms with Crippen molar-refractivity contribution in [2.24, 2.45) is 5.41 Å². The Balaban J connectivity index is 1.49. The van der Waals surface area contributed by atoms with Crippen LogP contribution in [-0.2, 0) is 30.7 Å². The third-order valence-corrected chi connectivity index (χ3v) is 8.97. The molecule has 7 heteroatoms. The molecule has 1 atom stereocenters. The van der Waals surface area contributed by atoms with Crippen molar-refractivity contribution in [3.63, 3.8) is 0 Å². The van der Waals surface area contributed by atoms with Gasteiger partial charge < -0.3 is 10.0 Å². The summed E-state index contributed by atoms with van der Waals surface area (Å²) in [6.07, 6.45) is 4.89. The molecule has 1 aromatic heterocycles. The van der Waals surface area contributed by atoms with Crippen LogP contribution >= 0.6 is 0 Å². The second kappa shape index (κ2) is 10.2. The van der Waals surface area contributed by atoms with Crippen molar-refractivity contribution in [2.75, 3.05) is 6.54 Å². The number of hydrogen-bond donors (Lipinski definition) is 1. The van der Waals surface area contributed by atoms with Crippen molar-refractivity contribution < 1.29 is 14.7 Å². The predicted molar refractivity (Wildman–Crippen MR) is 154 cm³/mol. The lowest BCUT2D eigenvalue weighted by molar-refractivity contribution is -0.147. The van der Waals surface area contributed by atoms with Gasteiger partial charge in [-0.25, -0.2) is 4.68 Å². The van der Waals surface area contributed by atoms with E-state index < -0.39 is 17.3 Å². The number of aromatic nitrogens is 3. The second-order valence-corrected chi connectivity index (χ2v) is 11.9. The molecule has 0 spiro atoms. The summed E-state index contributed by atoms with van der Waals surface area (Å²) < 4.78 is 1.97. The normalized spacial score (nSPS) is 18.0. The maximum absolute atomic E-state index is 13.5. The SMILES string of the molecule is Cc1c2ccc3c1nnn3CCCCCc1ccc(cc1)C(=O)N1CCc3ccc(cc3C1)C2C(C)(C)C(=O)O. The van der Waals surface area contributed by atoms with E-state index in [0.29, 0.717) is 18.7 Å². The number of hydrogen-bond acceptors (Lipinski definition) is 4. The highest BCUT2D eigenvalue weighted by Gasteiger charge is 2.40. The van der Waals surface area contributed by atoms with Crippen molar-refractivity contribution in [3.05, 3.63) is 93.5 Å². The summed E-state index contributed by atoms with van der Waals surface area (Å²) in [5.74, 6) is -1.22. The van der Waals surface area contributed by atoms with Crippen LogP contribution in [0.25, 0.3) is 11.0 Å². The fourth-order valence-corrected chi connectivity index (χ4v) is 6.46. The maximum atomic E-state index is 13.5. The Kier molecular flexibility index (Phi) is 6.69. The van der Waals surface area contributed by atoms with Crippen molar-refractivity contribution >= 4 is 22.9 Å². The van der Waals surface area contributed by atoms with Gasteiger partial charge in [-0.1, -0.05) is 48.0 Å². The standard InChI is InChI=1S/C33H36N4O3/c1-21-27-14-15-28-30(21)34-35-37(28)17-6-4-5-7-22-8-10-24(11-9-22)31(38)36-18-16-23-12-13-25(19-26(23)20-36)29(27)33(2,3)32(39)40/h8-15,19,29H,4-7,16-18,20H2,1-3H3,(H,39,40). The number of aliphatic carboxylic acids is 1. The molecule has 0 fully saturated rings. The number of rotatable bonds is 2. The molecule has 0 aliphatic carbocycles. The lowest BCUT2D eigenvalue weighted by Gasteiger charge is -2.34. The Morgan fingerprint density at radius 2 is 1.75 bits per heavy atom. The van der Waals surface area contributed by atoms with Gasteiger partial charge in [0.2, 0.25) is 0 Å². The largest absolute Gasteiger partial charge is 0.481 e. The fourth-order valence-electron chi connectivity index (χ4n) is 6.46. The molecule has 0 radical (unpaired) electrons. The summed E-state index contributed by atoms with van der Waals surface area (Å²) >= 11 is 0. The number of carbonyl (C=O) groups is 2. The van der Waals surface area contributed by atoms with E-state index in [1.54, 1.807) is 13.8 Å². The molecule has 7 nitrogen and oxygen atoms in total. The zero-order valence-corrected chi connectivity index (χ0v) is 23.5. The van der Waals surface area contributed by atoms with Gasteiger partial charge in [-0.2, -0.15) is 0 Å². The smallest absolute Gasteiger partial charge is 0.310 e. The summed E-state index contributed by atoms with van der Waals surface area (Å²) in [5, 5.41) is 19.4. The molecule has 3 aromatic carbocycles. The van der Waals surface area contributed by atoms with Gasteiger partial charge in [0.25, 0.3) is 5.91 Å². The van der Waals surface area contributed by atoms with Crippen LogP contribution in [-0.4, -0.2) is 43.4 Å². The Morgan fingerprint density at radius 3 is 2.52 bits per heavy atom. The molecule has 5 aliphatic heterocycles.